The fourth-order valence-electron chi connectivity index (χ4n) is 2.92. The molecule has 1 saturated heterocycles. The van der Waals surface area contributed by atoms with E-state index < -0.39 is 35.1 Å². The number of hydrogen-bond acceptors (Lipinski definition) is 6. The molecule has 1 aromatic rings. The maximum atomic E-state index is 12.7. The summed E-state index contributed by atoms with van der Waals surface area (Å²) >= 11 is 0. The molecule has 0 radical (unpaired) electrons. The van der Waals surface area contributed by atoms with Gasteiger partial charge in [0.25, 0.3) is 0 Å². The highest BCUT2D eigenvalue weighted by molar-refractivity contribution is 6.02. The van der Waals surface area contributed by atoms with Crippen molar-refractivity contribution in [2.45, 2.75) is 45.8 Å². The van der Waals surface area contributed by atoms with E-state index in [2.05, 4.69) is 5.32 Å². The van der Waals surface area contributed by atoms with Gasteiger partial charge in [-0.05, 0) is 33.3 Å². The third-order valence-electron chi connectivity index (χ3n) is 4.02. The normalized spacial score (nSPS) is 20.8. The molecule has 2 atom stereocenters. The van der Waals surface area contributed by atoms with Crippen LogP contribution in [0.4, 0.5) is 4.79 Å². The van der Waals surface area contributed by atoms with Crippen LogP contribution < -0.4 is 5.32 Å². The fraction of sp³-hybridized carbons (Fsp3) is 0.526. The Morgan fingerprint density at radius 3 is 2.42 bits per heavy atom. The molecule has 1 fully saturated rings. The number of cyclic esters (lactones) is 1. The van der Waals surface area contributed by atoms with E-state index in [1.807, 2.05) is 0 Å². The number of carbonyl (C=O) groups excluding carboxylic acids is 3. The van der Waals surface area contributed by atoms with E-state index in [1.165, 1.54) is 0 Å². The lowest BCUT2D eigenvalue weighted by Gasteiger charge is -2.33. The highest BCUT2D eigenvalue weighted by atomic mass is 16.6. The molecule has 0 spiro atoms. The van der Waals surface area contributed by atoms with Crippen LogP contribution in [0.3, 0.4) is 0 Å². The molecule has 142 valence electrons. The Balaban J connectivity index is 2.45. The van der Waals surface area contributed by atoms with Crippen LogP contribution in [-0.4, -0.2) is 36.8 Å². The first-order valence-electron chi connectivity index (χ1n) is 8.59. The van der Waals surface area contributed by atoms with Gasteiger partial charge < -0.3 is 19.5 Å². The largest absolute Gasteiger partial charge is 0.465 e. The van der Waals surface area contributed by atoms with E-state index >= 15 is 0 Å². The lowest BCUT2D eigenvalue weighted by atomic mass is 9.75. The first-order chi connectivity index (χ1) is 12.2. The Hall–Kier alpha value is -2.57. The number of hydrogen-bond donors (Lipinski definition) is 1. The summed E-state index contributed by atoms with van der Waals surface area (Å²) in [5.41, 5.74) is -1.78. The standard InChI is InChI=1S/C19H25NO6/c1-5-24-15(21)19(11-12-25-16(19)22)14(13-9-7-6-8-10-13)20-17(23)26-18(2,3)4/h6-10,14H,5,11-12H2,1-4H3,(H,20,23)/t14-,19-/m0/s1. The van der Waals surface area contributed by atoms with Crippen molar-refractivity contribution in [3.05, 3.63) is 35.9 Å². The summed E-state index contributed by atoms with van der Waals surface area (Å²) in [4.78, 5) is 37.7. The number of nitrogens with one attached hydrogen (secondary N) is 1. The third-order valence-corrected chi connectivity index (χ3v) is 4.02. The van der Waals surface area contributed by atoms with Crippen molar-refractivity contribution in [3.63, 3.8) is 0 Å². The molecule has 0 unspecified atom stereocenters. The van der Waals surface area contributed by atoms with Crippen LogP contribution in [0.2, 0.25) is 0 Å². The molecule has 2 rings (SSSR count). The molecule has 26 heavy (non-hydrogen) atoms. The van der Waals surface area contributed by atoms with Gasteiger partial charge in [0.05, 0.1) is 19.3 Å². The van der Waals surface area contributed by atoms with E-state index in [0.29, 0.717) is 5.56 Å². The smallest absolute Gasteiger partial charge is 0.408 e. The molecular formula is C19H25NO6. The van der Waals surface area contributed by atoms with Gasteiger partial charge in [-0.2, -0.15) is 0 Å². The molecule has 1 aliphatic heterocycles. The summed E-state index contributed by atoms with van der Waals surface area (Å²) in [6.07, 6.45) is -0.616. The fourth-order valence-corrected chi connectivity index (χ4v) is 2.92. The van der Waals surface area contributed by atoms with E-state index in [4.69, 9.17) is 14.2 Å². The van der Waals surface area contributed by atoms with Crippen LogP contribution in [0.25, 0.3) is 0 Å². The molecule has 0 saturated carbocycles. The van der Waals surface area contributed by atoms with Crippen molar-refractivity contribution in [2.75, 3.05) is 13.2 Å². The molecule has 1 heterocycles. The van der Waals surface area contributed by atoms with Gasteiger partial charge in [-0.1, -0.05) is 30.3 Å². The van der Waals surface area contributed by atoms with Gasteiger partial charge in [-0.3, -0.25) is 9.59 Å². The predicted molar refractivity (Wildman–Crippen MR) is 93.2 cm³/mol. The summed E-state index contributed by atoms with van der Waals surface area (Å²) in [5, 5.41) is 2.68. The molecule has 1 amide bonds. The molecule has 1 aliphatic rings. The van der Waals surface area contributed by atoms with E-state index in [0.717, 1.165) is 0 Å². The summed E-state index contributed by atoms with van der Waals surface area (Å²) < 4.78 is 15.6. The Morgan fingerprint density at radius 1 is 1.27 bits per heavy atom. The summed E-state index contributed by atoms with van der Waals surface area (Å²) in [5.74, 6) is -1.42. The highest BCUT2D eigenvalue weighted by Crippen LogP contribution is 2.43. The summed E-state index contributed by atoms with van der Waals surface area (Å²) in [7, 11) is 0. The van der Waals surface area contributed by atoms with Crippen LogP contribution in [0, 0.1) is 5.41 Å². The zero-order valence-corrected chi connectivity index (χ0v) is 15.5. The van der Waals surface area contributed by atoms with E-state index in [-0.39, 0.29) is 19.6 Å². The molecule has 0 aliphatic carbocycles. The van der Waals surface area contributed by atoms with E-state index in [1.54, 1.807) is 58.0 Å². The van der Waals surface area contributed by atoms with Crippen molar-refractivity contribution in [1.82, 2.24) is 5.32 Å². The second kappa shape index (κ2) is 7.76. The second-order valence-electron chi connectivity index (χ2n) is 7.07. The van der Waals surface area contributed by atoms with Crippen LogP contribution in [0.5, 0.6) is 0 Å². The average molecular weight is 363 g/mol. The van der Waals surface area contributed by atoms with Gasteiger partial charge in [0.1, 0.15) is 5.60 Å². The van der Waals surface area contributed by atoms with Gasteiger partial charge in [0.15, 0.2) is 5.41 Å². The number of ether oxygens (including phenoxy) is 3. The topological polar surface area (TPSA) is 90.9 Å². The predicted octanol–water partition coefficient (Wildman–Crippen LogP) is 2.75. The monoisotopic (exact) mass is 363 g/mol. The van der Waals surface area contributed by atoms with Gasteiger partial charge in [0, 0.05) is 6.42 Å². The van der Waals surface area contributed by atoms with Crippen molar-refractivity contribution in [1.29, 1.82) is 0 Å². The minimum Gasteiger partial charge on any atom is -0.465 e. The minimum atomic E-state index is -1.64. The molecule has 0 aromatic heterocycles. The lowest BCUT2D eigenvalue weighted by Crippen LogP contribution is -2.50. The third kappa shape index (κ3) is 4.15. The van der Waals surface area contributed by atoms with Crippen LogP contribution in [-0.2, 0) is 23.8 Å². The van der Waals surface area contributed by atoms with E-state index in [9.17, 15) is 14.4 Å². The van der Waals surface area contributed by atoms with Gasteiger partial charge in [-0.25, -0.2) is 4.79 Å². The number of carbonyl (C=O) groups is 3. The van der Waals surface area contributed by atoms with Gasteiger partial charge in [0.2, 0.25) is 0 Å². The Labute approximate surface area is 153 Å². The number of esters is 2. The number of alkyl carbamates (subject to hydrolysis) is 1. The molecule has 0 bridgehead atoms. The molecule has 7 nitrogen and oxygen atoms in total. The Bertz CT molecular complexity index is 666. The first kappa shape index (κ1) is 19.8. The van der Waals surface area contributed by atoms with Crippen molar-refractivity contribution < 1.29 is 28.6 Å². The highest BCUT2D eigenvalue weighted by Gasteiger charge is 2.59. The second-order valence-corrected chi connectivity index (χ2v) is 7.07. The number of amides is 1. The Kier molecular flexibility index (Phi) is 5.90. The number of benzene rings is 1. The van der Waals surface area contributed by atoms with Crippen LogP contribution in [0.15, 0.2) is 30.3 Å². The first-order valence-corrected chi connectivity index (χ1v) is 8.59. The Morgan fingerprint density at radius 2 is 1.92 bits per heavy atom. The molecule has 7 heteroatoms. The zero-order chi connectivity index (χ0) is 19.4. The molecule has 1 N–H and O–H groups in total. The summed E-state index contributed by atoms with van der Waals surface area (Å²) in [6.45, 7) is 7.04. The van der Waals surface area contributed by atoms with Crippen LogP contribution >= 0.6 is 0 Å². The quantitative estimate of drug-likeness (QED) is 0.491. The van der Waals surface area contributed by atoms with Crippen LogP contribution in [0.1, 0.15) is 45.7 Å². The maximum absolute atomic E-state index is 12.7. The zero-order valence-electron chi connectivity index (χ0n) is 15.5. The van der Waals surface area contributed by atoms with Crippen molar-refractivity contribution >= 4 is 18.0 Å². The van der Waals surface area contributed by atoms with Gasteiger partial charge >= 0.3 is 18.0 Å². The number of rotatable bonds is 5. The lowest BCUT2D eigenvalue weighted by molar-refractivity contribution is -0.166. The van der Waals surface area contributed by atoms with Crippen molar-refractivity contribution in [2.24, 2.45) is 5.41 Å². The average Bonchev–Trinajstić information content (AvgIpc) is 2.94. The maximum Gasteiger partial charge on any atom is 0.408 e. The van der Waals surface area contributed by atoms with Gasteiger partial charge in [-0.15, -0.1) is 0 Å². The molecular weight excluding hydrogens is 338 g/mol. The van der Waals surface area contributed by atoms with Crippen molar-refractivity contribution in [3.8, 4) is 0 Å². The summed E-state index contributed by atoms with van der Waals surface area (Å²) in [6, 6.07) is 7.82. The molecule has 1 aromatic carbocycles. The minimum absolute atomic E-state index is 0.0803. The SMILES string of the molecule is CCOC(=O)[C@@]1([C@@H](NC(=O)OC(C)(C)C)c2ccccc2)CCOC1=O.